The summed E-state index contributed by atoms with van der Waals surface area (Å²) in [6, 6.07) is 2.59. The van der Waals surface area contributed by atoms with Crippen molar-refractivity contribution in [1.29, 1.82) is 0 Å². The van der Waals surface area contributed by atoms with Crippen LogP contribution in [0.15, 0.2) is 107 Å². The van der Waals surface area contributed by atoms with Crippen molar-refractivity contribution in [3.63, 3.8) is 0 Å². The molecule has 0 amide bonds. The molecular weight excluding hydrogens is 637 g/mol. The van der Waals surface area contributed by atoms with E-state index in [1.54, 1.807) is 22.8 Å². The van der Waals surface area contributed by atoms with E-state index in [9.17, 15) is 0 Å². The maximum Gasteiger partial charge on any atom is 0.0194 e. The smallest absolute Gasteiger partial charge is 0.0194 e. The number of rotatable bonds is 8. The number of benzene rings is 1. The lowest BCUT2D eigenvalue weighted by molar-refractivity contribution is 0.0878. The highest BCUT2D eigenvalue weighted by atomic mass is 14.6. The summed E-state index contributed by atoms with van der Waals surface area (Å²) < 4.78 is 0. The molecule has 1 saturated carbocycles. The summed E-state index contributed by atoms with van der Waals surface area (Å²) in [4.78, 5) is 0. The van der Waals surface area contributed by atoms with Gasteiger partial charge in [0.15, 0.2) is 0 Å². The average Bonchev–Trinajstić information content (AvgIpc) is 3.12. The molecule has 0 nitrogen and oxygen atoms in total. The Kier molecular flexibility index (Phi) is 17.4. The molecule has 4 aliphatic carbocycles. The lowest BCUT2D eigenvalue weighted by Gasteiger charge is -2.59. The Bertz CT molecular complexity index is 1660. The highest BCUT2D eigenvalue weighted by molar-refractivity contribution is 5.86. The zero-order chi connectivity index (χ0) is 40.4. The SMILES string of the molecule is C=C(C)C1=C(C)CC2(C)CC3Cc4c(CCC5CCCCC5)cc(CC)c(C)c4C(=C)C3=C(C)C2(C)C1=C.C=C/C=C(C)\C(=C/C)C(=C)C.CC.CC. The Morgan fingerprint density at radius 2 is 1.53 bits per heavy atom. The zero-order valence-electron chi connectivity index (χ0n) is 37.3. The minimum atomic E-state index is -0.0623. The summed E-state index contributed by atoms with van der Waals surface area (Å²) in [6.45, 7) is 52.3. The van der Waals surface area contributed by atoms with Gasteiger partial charge in [0.05, 0.1) is 0 Å². The van der Waals surface area contributed by atoms with Crippen molar-refractivity contribution in [1.82, 2.24) is 0 Å². The van der Waals surface area contributed by atoms with E-state index in [1.807, 2.05) is 47.6 Å². The van der Waals surface area contributed by atoms with Gasteiger partial charge in [0.1, 0.15) is 0 Å². The van der Waals surface area contributed by atoms with Gasteiger partial charge in [-0.1, -0.05) is 160 Å². The third-order valence-electron chi connectivity index (χ3n) is 13.3. The lowest BCUT2D eigenvalue weighted by atomic mass is 9.44. The van der Waals surface area contributed by atoms with Gasteiger partial charge in [-0.3, -0.25) is 0 Å². The fraction of sp³-hybridized carbons (Fsp3) is 0.547. The van der Waals surface area contributed by atoms with E-state index < -0.39 is 0 Å². The molecule has 0 heteroatoms. The number of allylic oxidation sites excluding steroid dienone is 13. The molecule has 1 fully saturated rings. The summed E-state index contributed by atoms with van der Waals surface area (Å²) >= 11 is 0. The highest BCUT2D eigenvalue weighted by Gasteiger charge is 2.56. The van der Waals surface area contributed by atoms with Gasteiger partial charge < -0.3 is 0 Å². The molecular formula is C53H80. The van der Waals surface area contributed by atoms with Crippen molar-refractivity contribution >= 4 is 5.57 Å². The van der Waals surface area contributed by atoms with Crippen LogP contribution in [0.4, 0.5) is 0 Å². The van der Waals surface area contributed by atoms with Crippen LogP contribution in [0.1, 0.15) is 169 Å². The molecule has 3 atom stereocenters. The second-order valence-electron chi connectivity index (χ2n) is 16.5. The molecule has 292 valence electrons. The molecule has 0 saturated heterocycles. The number of hydrogen-bond donors (Lipinski definition) is 0. The molecule has 3 unspecified atom stereocenters. The highest BCUT2D eigenvalue weighted by Crippen LogP contribution is 2.67. The van der Waals surface area contributed by atoms with Crippen LogP contribution >= 0.6 is 0 Å². The summed E-state index contributed by atoms with van der Waals surface area (Å²) in [5, 5.41) is 0. The Morgan fingerprint density at radius 1 is 0.925 bits per heavy atom. The van der Waals surface area contributed by atoms with E-state index in [2.05, 4.69) is 87.3 Å². The van der Waals surface area contributed by atoms with Crippen molar-refractivity contribution in [2.45, 2.75) is 168 Å². The predicted octanol–water partition coefficient (Wildman–Crippen LogP) is 16.5. The van der Waals surface area contributed by atoms with E-state index in [4.69, 9.17) is 13.2 Å². The summed E-state index contributed by atoms with van der Waals surface area (Å²) in [7, 11) is 0. The van der Waals surface area contributed by atoms with Gasteiger partial charge in [0.25, 0.3) is 0 Å². The molecule has 0 aliphatic heterocycles. The van der Waals surface area contributed by atoms with E-state index >= 15 is 0 Å². The monoisotopic (exact) mass is 717 g/mol. The van der Waals surface area contributed by atoms with E-state index in [0.717, 1.165) is 29.9 Å². The first-order valence-electron chi connectivity index (χ1n) is 21.3. The van der Waals surface area contributed by atoms with Crippen molar-refractivity contribution in [3.8, 4) is 0 Å². The molecule has 0 spiro atoms. The molecule has 1 aromatic carbocycles. The molecule has 1 aromatic rings. The molecule has 53 heavy (non-hydrogen) atoms. The van der Waals surface area contributed by atoms with Crippen molar-refractivity contribution < 1.29 is 0 Å². The van der Waals surface area contributed by atoms with Crippen LogP contribution in [-0.2, 0) is 19.3 Å². The first-order valence-corrected chi connectivity index (χ1v) is 21.3. The number of hydrogen-bond acceptors (Lipinski definition) is 0. The third-order valence-corrected chi connectivity index (χ3v) is 13.3. The average molecular weight is 717 g/mol. The Hall–Kier alpha value is -3.12. The van der Waals surface area contributed by atoms with Gasteiger partial charge in [0, 0.05) is 5.41 Å². The maximum atomic E-state index is 4.89. The quantitative estimate of drug-likeness (QED) is 0.235. The van der Waals surface area contributed by atoms with Crippen molar-refractivity contribution in [2.75, 3.05) is 0 Å². The van der Waals surface area contributed by atoms with Gasteiger partial charge in [0.2, 0.25) is 0 Å². The lowest BCUT2D eigenvalue weighted by Crippen LogP contribution is -2.49. The summed E-state index contributed by atoms with van der Waals surface area (Å²) in [5.74, 6) is 1.48. The minimum Gasteiger partial charge on any atom is -0.0991 e. The van der Waals surface area contributed by atoms with Crippen LogP contribution in [0.25, 0.3) is 5.57 Å². The molecule has 0 heterocycles. The van der Waals surface area contributed by atoms with Crippen LogP contribution in [0.3, 0.4) is 0 Å². The Balaban J connectivity index is 0.000000554. The third kappa shape index (κ3) is 9.23. The Labute approximate surface area is 329 Å². The predicted molar refractivity (Wildman–Crippen MR) is 242 cm³/mol. The van der Waals surface area contributed by atoms with Gasteiger partial charge in [-0.05, 0) is 165 Å². The topological polar surface area (TPSA) is 0 Å². The second kappa shape index (κ2) is 20.0. The normalized spacial score (nSPS) is 24.3. The van der Waals surface area contributed by atoms with Crippen LogP contribution in [0.5, 0.6) is 0 Å². The van der Waals surface area contributed by atoms with E-state index in [0.29, 0.717) is 5.92 Å². The standard InChI is InChI=1S/C38H52.C11H16.2C2H6/c1-11-30-19-31(18-17-29-15-13-12-14-16-29)33-20-32-22-37(9)21-24(4)34(23(2)3)27(7)38(37,10)28(8)36(32)26(6)35(33)25(30)5;1-6-8-10(5)11(7-2)9(3)4;2*1-2/h19,29,32H,2,6-7,11-18,20-22H2,1,3-5,8-10H3;6-8H,1,3H2,2,4-5H3;2*1-2H3/b;10-8-,11-7-;;. The van der Waals surface area contributed by atoms with Gasteiger partial charge in [-0.15, -0.1) is 0 Å². The maximum absolute atomic E-state index is 4.89. The fourth-order valence-electron chi connectivity index (χ4n) is 10.6. The van der Waals surface area contributed by atoms with E-state index in [1.165, 1.54) is 113 Å². The second-order valence-corrected chi connectivity index (χ2v) is 16.5. The first-order chi connectivity index (χ1) is 25.1. The number of aryl methyl sites for hydroxylation is 2. The van der Waals surface area contributed by atoms with Gasteiger partial charge in [-0.25, -0.2) is 0 Å². The molecule has 5 rings (SSSR count). The van der Waals surface area contributed by atoms with Crippen LogP contribution in [0, 0.1) is 29.6 Å². The summed E-state index contributed by atoms with van der Waals surface area (Å²) in [5.41, 5.74) is 21.1. The number of fused-ring (bicyclic) bond motifs is 3. The first kappa shape index (κ1) is 46.0. The van der Waals surface area contributed by atoms with Crippen LogP contribution in [-0.4, -0.2) is 0 Å². The summed E-state index contributed by atoms with van der Waals surface area (Å²) in [6.07, 6.45) is 20.3. The molecule has 0 aromatic heterocycles. The van der Waals surface area contributed by atoms with E-state index in [-0.39, 0.29) is 10.8 Å². The zero-order valence-corrected chi connectivity index (χ0v) is 37.3. The molecule has 0 radical (unpaired) electrons. The van der Waals surface area contributed by atoms with Gasteiger partial charge >= 0.3 is 0 Å². The van der Waals surface area contributed by atoms with Gasteiger partial charge in [-0.2, -0.15) is 0 Å². The minimum absolute atomic E-state index is 0.0623. The van der Waals surface area contributed by atoms with Crippen LogP contribution < -0.4 is 0 Å². The fourth-order valence-corrected chi connectivity index (χ4v) is 10.6. The van der Waals surface area contributed by atoms with Crippen molar-refractivity contribution in [3.05, 3.63) is 135 Å². The molecule has 0 bridgehead atoms. The Morgan fingerprint density at radius 3 is 2.04 bits per heavy atom. The molecule has 4 aliphatic rings. The van der Waals surface area contributed by atoms with Crippen LogP contribution in [0.2, 0.25) is 0 Å². The largest absolute Gasteiger partial charge is 0.0991 e. The molecule has 0 N–H and O–H groups in total. The van der Waals surface area contributed by atoms with Crippen molar-refractivity contribution in [2.24, 2.45) is 22.7 Å².